The standard InChI is InChI=1S/C18H19F3INO3S/c1-8-12-14(13(22)9(2)23-16(12)27-15(8)17(24)25)26-7-10-3-5-11(6-4-10)18(19,20)21/h10-11H,3-7H2,1-2H3,(H,24,25)/t10-,11-. The van der Waals surface area contributed by atoms with Crippen molar-refractivity contribution in [3.63, 3.8) is 0 Å². The van der Waals surface area contributed by atoms with Crippen LogP contribution in [0.1, 0.15) is 46.6 Å². The maximum Gasteiger partial charge on any atom is 0.391 e. The van der Waals surface area contributed by atoms with Crippen molar-refractivity contribution in [1.29, 1.82) is 0 Å². The number of halogens is 4. The number of rotatable bonds is 4. The molecule has 0 atom stereocenters. The van der Waals surface area contributed by atoms with Crippen LogP contribution in [0.2, 0.25) is 0 Å². The molecule has 1 aliphatic carbocycles. The van der Waals surface area contributed by atoms with E-state index in [0.29, 0.717) is 41.0 Å². The molecule has 1 saturated carbocycles. The number of hydrogen-bond donors (Lipinski definition) is 1. The maximum absolute atomic E-state index is 12.8. The Kier molecular flexibility index (Phi) is 5.90. The third-order valence-electron chi connectivity index (χ3n) is 5.11. The molecule has 3 rings (SSSR count). The van der Waals surface area contributed by atoms with Crippen LogP contribution in [-0.4, -0.2) is 28.8 Å². The van der Waals surface area contributed by atoms with Crippen LogP contribution in [0.5, 0.6) is 5.75 Å². The number of nitrogens with zero attached hydrogens (tertiary/aromatic N) is 1. The zero-order chi connectivity index (χ0) is 19.9. The smallest absolute Gasteiger partial charge is 0.391 e. The largest absolute Gasteiger partial charge is 0.491 e. The third-order valence-corrected chi connectivity index (χ3v) is 7.55. The molecule has 148 valence electrons. The number of carboxylic acid groups (broad SMARTS) is 1. The van der Waals surface area contributed by atoms with Crippen LogP contribution < -0.4 is 4.74 Å². The Morgan fingerprint density at radius 1 is 1.30 bits per heavy atom. The van der Waals surface area contributed by atoms with Gasteiger partial charge in [0.05, 0.1) is 27.2 Å². The van der Waals surface area contributed by atoms with Gasteiger partial charge < -0.3 is 9.84 Å². The molecule has 0 aliphatic heterocycles. The molecule has 0 radical (unpaired) electrons. The minimum atomic E-state index is -4.11. The highest BCUT2D eigenvalue weighted by Gasteiger charge is 2.41. The number of carbonyl (C=O) groups is 1. The van der Waals surface area contributed by atoms with Crippen molar-refractivity contribution in [2.75, 3.05) is 6.61 Å². The second-order valence-electron chi connectivity index (χ2n) is 6.95. The normalized spacial score (nSPS) is 20.8. The molecule has 0 bridgehead atoms. The molecule has 1 fully saturated rings. The minimum absolute atomic E-state index is 0.0702. The molecular weight excluding hydrogens is 494 g/mol. The molecule has 0 aromatic carbocycles. The number of carboxylic acids is 1. The van der Waals surface area contributed by atoms with Gasteiger partial charge in [-0.1, -0.05) is 0 Å². The van der Waals surface area contributed by atoms with E-state index in [0.717, 1.165) is 20.6 Å². The van der Waals surface area contributed by atoms with E-state index in [2.05, 4.69) is 27.6 Å². The predicted octanol–water partition coefficient (Wildman–Crippen LogP) is 5.96. The first-order valence-electron chi connectivity index (χ1n) is 8.61. The molecule has 0 spiro atoms. The summed E-state index contributed by atoms with van der Waals surface area (Å²) >= 11 is 3.24. The Labute approximate surface area is 172 Å². The molecule has 4 nitrogen and oxygen atoms in total. The summed E-state index contributed by atoms with van der Waals surface area (Å²) in [6.45, 7) is 3.89. The fourth-order valence-electron chi connectivity index (χ4n) is 3.52. The van der Waals surface area contributed by atoms with Crippen molar-refractivity contribution >= 4 is 50.1 Å². The molecule has 1 aliphatic rings. The second-order valence-corrected chi connectivity index (χ2v) is 9.03. The summed E-state index contributed by atoms with van der Waals surface area (Å²) in [5.74, 6) is -1.54. The van der Waals surface area contributed by atoms with Crippen molar-refractivity contribution in [3.05, 3.63) is 19.7 Å². The molecule has 2 aromatic heterocycles. The van der Waals surface area contributed by atoms with Gasteiger partial charge in [0.25, 0.3) is 0 Å². The molecule has 2 aromatic rings. The zero-order valence-electron chi connectivity index (χ0n) is 14.8. The lowest BCUT2D eigenvalue weighted by Crippen LogP contribution is -2.29. The Bertz CT molecular complexity index is 873. The van der Waals surface area contributed by atoms with E-state index < -0.39 is 18.1 Å². The van der Waals surface area contributed by atoms with Crippen molar-refractivity contribution in [2.45, 2.75) is 45.7 Å². The highest BCUT2D eigenvalue weighted by Crippen LogP contribution is 2.42. The fourth-order valence-corrected chi connectivity index (χ4v) is 5.13. The van der Waals surface area contributed by atoms with Crippen LogP contribution in [0.15, 0.2) is 0 Å². The van der Waals surface area contributed by atoms with E-state index in [9.17, 15) is 23.1 Å². The lowest BCUT2D eigenvalue weighted by molar-refractivity contribution is -0.184. The number of aryl methyl sites for hydroxylation is 2. The van der Waals surface area contributed by atoms with Crippen LogP contribution in [0.3, 0.4) is 0 Å². The van der Waals surface area contributed by atoms with Gasteiger partial charge >= 0.3 is 12.1 Å². The molecule has 0 unspecified atom stereocenters. The van der Waals surface area contributed by atoms with E-state index in [4.69, 9.17) is 4.74 Å². The summed E-state index contributed by atoms with van der Waals surface area (Å²) in [7, 11) is 0. The minimum Gasteiger partial charge on any atom is -0.491 e. The first-order valence-corrected chi connectivity index (χ1v) is 10.5. The van der Waals surface area contributed by atoms with Crippen molar-refractivity contribution in [3.8, 4) is 5.75 Å². The maximum atomic E-state index is 12.8. The summed E-state index contributed by atoms with van der Waals surface area (Å²) in [5.41, 5.74) is 1.36. The Morgan fingerprint density at radius 2 is 1.93 bits per heavy atom. The summed E-state index contributed by atoms with van der Waals surface area (Å²) < 4.78 is 45.3. The average Bonchev–Trinajstić information content (AvgIpc) is 2.91. The summed E-state index contributed by atoms with van der Waals surface area (Å²) in [4.78, 5) is 16.8. The fraction of sp³-hybridized carbons (Fsp3) is 0.556. The quantitative estimate of drug-likeness (QED) is 0.513. The first kappa shape index (κ1) is 20.6. The number of thiophene rings is 1. The van der Waals surface area contributed by atoms with E-state index in [1.165, 1.54) is 0 Å². The molecule has 9 heteroatoms. The average molecular weight is 513 g/mol. The van der Waals surface area contributed by atoms with Gasteiger partial charge in [0.15, 0.2) is 0 Å². The van der Waals surface area contributed by atoms with Crippen molar-refractivity contribution < 1.29 is 27.8 Å². The molecule has 27 heavy (non-hydrogen) atoms. The number of pyridine rings is 1. The van der Waals surface area contributed by atoms with Crippen LogP contribution in [-0.2, 0) is 0 Å². The summed E-state index contributed by atoms with van der Waals surface area (Å²) in [5, 5.41) is 10.1. The zero-order valence-corrected chi connectivity index (χ0v) is 17.8. The van der Waals surface area contributed by atoms with Gasteiger partial charge in [-0.3, -0.25) is 0 Å². The molecular formula is C18H19F3INO3S. The second kappa shape index (κ2) is 7.73. The first-order chi connectivity index (χ1) is 12.6. The SMILES string of the molecule is Cc1nc2sc(C(=O)O)c(C)c2c(OC[C@H]2CC[C@H](C(F)(F)F)CC2)c1I. The number of aromatic carboxylic acids is 1. The number of fused-ring (bicyclic) bond motifs is 1. The molecule has 2 heterocycles. The Morgan fingerprint density at radius 3 is 2.48 bits per heavy atom. The number of hydrogen-bond acceptors (Lipinski definition) is 4. The number of alkyl halides is 3. The lowest BCUT2D eigenvalue weighted by atomic mass is 9.82. The predicted molar refractivity (Wildman–Crippen MR) is 106 cm³/mol. The number of aromatic nitrogens is 1. The monoisotopic (exact) mass is 513 g/mol. The van der Waals surface area contributed by atoms with Gasteiger partial charge in [-0.25, -0.2) is 9.78 Å². The van der Waals surface area contributed by atoms with Crippen LogP contribution in [0.4, 0.5) is 13.2 Å². The van der Waals surface area contributed by atoms with Gasteiger partial charge in [0.1, 0.15) is 15.5 Å². The highest BCUT2D eigenvalue weighted by atomic mass is 127. The van der Waals surface area contributed by atoms with Crippen molar-refractivity contribution in [1.82, 2.24) is 4.98 Å². The topological polar surface area (TPSA) is 59.4 Å². The van der Waals surface area contributed by atoms with Gasteiger partial charge in [-0.15, -0.1) is 11.3 Å². The molecule has 0 saturated heterocycles. The molecule has 1 N–H and O–H groups in total. The Balaban J connectivity index is 1.81. The van der Waals surface area contributed by atoms with Gasteiger partial charge in [0, 0.05) is 0 Å². The van der Waals surface area contributed by atoms with Gasteiger partial charge in [-0.05, 0) is 73.6 Å². The van der Waals surface area contributed by atoms with E-state index in [-0.39, 0.29) is 23.6 Å². The van der Waals surface area contributed by atoms with Crippen LogP contribution >= 0.6 is 33.9 Å². The van der Waals surface area contributed by atoms with Crippen LogP contribution in [0, 0.1) is 29.3 Å². The van der Waals surface area contributed by atoms with E-state index in [1.807, 2.05) is 6.92 Å². The Hall–Kier alpha value is -1.10. The number of ether oxygens (including phenoxy) is 1. The van der Waals surface area contributed by atoms with Gasteiger partial charge in [-0.2, -0.15) is 13.2 Å². The lowest BCUT2D eigenvalue weighted by Gasteiger charge is -2.29. The van der Waals surface area contributed by atoms with E-state index >= 15 is 0 Å². The van der Waals surface area contributed by atoms with E-state index in [1.54, 1.807) is 6.92 Å². The summed E-state index contributed by atoms with van der Waals surface area (Å²) in [6, 6.07) is 0. The third kappa shape index (κ3) is 4.18. The van der Waals surface area contributed by atoms with Gasteiger partial charge in [0.2, 0.25) is 0 Å². The summed E-state index contributed by atoms with van der Waals surface area (Å²) in [6.07, 6.45) is -2.87. The van der Waals surface area contributed by atoms with Crippen LogP contribution in [0.25, 0.3) is 10.2 Å². The van der Waals surface area contributed by atoms with Crippen molar-refractivity contribution in [2.24, 2.45) is 11.8 Å². The highest BCUT2D eigenvalue weighted by molar-refractivity contribution is 14.1. The molecule has 0 amide bonds.